The first-order chi connectivity index (χ1) is 12.2. The Morgan fingerprint density at radius 3 is 2.52 bits per heavy atom. The molecule has 2 fully saturated rings. The fourth-order valence-electron chi connectivity index (χ4n) is 4.23. The number of amides is 1. The number of hydrogen-bond acceptors (Lipinski definition) is 3. The van der Waals surface area contributed by atoms with Gasteiger partial charge in [-0.3, -0.25) is 9.69 Å². The number of hydrogen-bond donors (Lipinski definition) is 1. The maximum absolute atomic E-state index is 12.4. The molecule has 0 radical (unpaired) electrons. The fraction of sp³-hybridized carbons (Fsp3) is 0.667. The molecule has 1 aromatic carbocycles. The standard InChI is InChI=1S/C21H33N3O.2ClH/c1-23(21(25)8-7-18-9-12-22-13-10-18)15-20-11-14-24(17-20)16-19-5-3-2-4-6-19;;/h2-6,18,20,22H,7-17H2,1H3;2*1H. The van der Waals surface area contributed by atoms with Crippen LogP contribution in [0.1, 0.15) is 37.7 Å². The van der Waals surface area contributed by atoms with Crippen molar-refractivity contribution in [2.45, 2.75) is 38.6 Å². The average molecular weight is 416 g/mol. The second-order valence-corrected chi connectivity index (χ2v) is 7.88. The van der Waals surface area contributed by atoms with E-state index in [4.69, 9.17) is 0 Å². The molecule has 0 aliphatic carbocycles. The van der Waals surface area contributed by atoms with E-state index in [2.05, 4.69) is 40.5 Å². The van der Waals surface area contributed by atoms with E-state index in [0.717, 1.165) is 58.0 Å². The van der Waals surface area contributed by atoms with Gasteiger partial charge in [0.2, 0.25) is 5.91 Å². The number of likely N-dealkylation sites (tertiary alicyclic amines) is 1. The first-order valence-electron chi connectivity index (χ1n) is 9.91. The SMILES string of the molecule is CN(CC1CCN(Cc2ccccc2)C1)C(=O)CCC1CCNCC1.Cl.Cl. The lowest BCUT2D eigenvalue weighted by atomic mass is 9.93. The van der Waals surface area contributed by atoms with Gasteiger partial charge >= 0.3 is 0 Å². The highest BCUT2D eigenvalue weighted by Crippen LogP contribution is 2.21. The molecule has 3 rings (SSSR count). The van der Waals surface area contributed by atoms with Crippen LogP contribution >= 0.6 is 24.8 Å². The molecule has 27 heavy (non-hydrogen) atoms. The van der Waals surface area contributed by atoms with Crippen molar-refractivity contribution in [2.24, 2.45) is 11.8 Å². The van der Waals surface area contributed by atoms with Crippen LogP contribution in [0, 0.1) is 11.8 Å². The Morgan fingerprint density at radius 2 is 1.81 bits per heavy atom. The summed E-state index contributed by atoms with van der Waals surface area (Å²) in [5.74, 6) is 1.70. The van der Waals surface area contributed by atoms with Gasteiger partial charge in [0.25, 0.3) is 0 Å². The Bertz CT molecular complexity index is 537. The van der Waals surface area contributed by atoms with Gasteiger partial charge in [0.05, 0.1) is 0 Å². The summed E-state index contributed by atoms with van der Waals surface area (Å²) in [6.45, 7) is 6.45. The van der Waals surface area contributed by atoms with E-state index >= 15 is 0 Å². The van der Waals surface area contributed by atoms with Crippen LogP contribution in [0.2, 0.25) is 0 Å². The minimum Gasteiger partial charge on any atom is -0.345 e. The highest BCUT2D eigenvalue weighted by atomic mass is 35.5. The smallest absolute Gasteiger partial charge is 0.222 e. The van der Waals surface area contributed by atoms with E-state index in [1.54, 1.807) is 0 Å². The lowest BCUT2D eigenvalue weighted by Gasteiger charge is -2.25. The van der Waals surface area contributed by atoms with Gasteiger partial charge in [0, 0.05) is 33.1 Å². The van der Waals surface area contributed by atoms with Gasteiger partial charge in [-0.25, -0.2) is 0 Å². The topological polar surface area (TPSA) is 35.6 Å². The average Bonchev–Trinajstić information content (AvgIpc) is 3.08. The molecule has 0 spiro atoms. The van der Waals surface area contributed by atoms with Gasteiger partial charge < -0.3 is 10.2 Å². The van der Waals surface area contributed by atoms with Crippen molar-refractivity contribution in [3.63, 3.8) is 0 Å². The summed E-state index contributed by atoms with van der Waals surface area (Å²) in [6.07, 6.45) is 5.46. The van der Waals surface area contributed by atoms with Crippen molar-refractivity contribution in [3.8, 4) is 0 Å². The predicted molar refractivity (Wildman–Crippen MR) is 117 cm³/mol. The molecule has 2 saturated heterocycles. The first kappa shape index (κ1) is 24.2. The van der Waals surface area contributed by atoms with Crippen molar-refractivity contribution < 1.29 is 4.79 Å². The summed E-state index contributed by atoms with van der Waals surface area (Å²) >= 11 is 0. The molecule has 6 heteroatoms. The molecule has 4 nitrogen and oxygen atoms in total. The van der Waals surface area contributed by atoms with Crippen LogP contribution in [0.4, 0.5) is 0 Å². The fourth-order valence-corrected chi connectivity index (χ4v) is 4.23. The summed E-state index contributed by atoms with van der Waals surface area (Å²) in [5, 5.41) is 3.39. The zero-order valence-corrected chi connectivity index (χ0v) is 18.1. The predicted octanol–water partition coefficient (Wildman–Crippen LogP) is 3.59. The van der Waals surface area contributed by atoms with Gasteiger partial charge in [-0.2, -0.15) is 0 Å². The summed E-state index contributed by atoms with van der Waals surface area (Å²) in [5.41, 5.74) is 1.38. The molecule has 154 valence electrons. The molecule has 2 aliphatic rings. The van der Waals surface area contributed by atoms with E-state index < -0.39 is 0 Å². The molecule has 1 N–H and O–H groups in total. The number of carbonyl (C=O) groups is 1. The van der Waals surface area contributed by atoms with Crippen LogP contribution in [-0.4, -0.2) is 55.5 Å². The Kier molecular flexibility index (Phi) is 11.3. The van der Waals surface area contributed by atoms with Crippen molar-refractivity contribution in [1.82, 2.24) is 15.1 Å². The number of carbonyl (C=O) groups excluding carboxylic acids is 1. The van der Waals surface area contributed by atoms with E-state index in [0.29, 0.717) is 11.8 Å². The van der Waals surface area contributed by atoms with E-state index in [-0.39, 0.29) is 24.8 Å². The lowest BCUT2D eigenvalue weighted by molar-refractivity contribution is -0.130. The van der Waals surface area contributed by atoms with Gasteiger partial charge in [-0.15, -0.1) is 24.8 Å². The first-order valence-corrected chi connectivity index (χ1v) is 9.91. The third-order valence-corrected chi connectivity index (χ3v) is 5.80. The van der Waals surface area contributed by atoms with Crippen LogP contribution in [0.3, 0.4) is 0 Å². The van der Waals surface area contributed by atoms with Crippen LogP contribution < -0.4 is 5.32 Å². The van der Waals surface area contributed by atoms with Crippen molar-refractivity contribution in [1.29, 1.82) is 0 Å². The number of rotatable bonds is 7. The summed E-state index contributed by atoms with van der Waals surface area (Å²) in [6, 6.07) is 10.7. The monoisotopic (exact) mass is 415 g/mol. The minimum atomic E-state index is 0. The number of nitrogens with one attached hydrogen (secondary N) is 1. The maximum atomic E-state index is 12.4. The lowest BCUT2D eigenvalue weighted by Crippen LogP contribution is -2.34. The Balaban J connectivity index is 0.00000182. The molecule has 0 aromatic heterocycles. The molecule has 1 aromatic rings. The number of piperidine rings is 1. The second kappa shape index (κ2) is 12.6. The minimum absolute atomic E-state index is 0. The van der Waals surface area contributed by atoms with Gasteiger partial charge in [-0.1, -0.05) is 30.3 Å². The summed E-state index contributed by atoms with van der Waals surface area (Å²) in [4.78, 5) is 16.9. The third kappa shape index (κ3) is 7.98. The number of benzene rings is 1. The molecule has 1 unspecified atom stereocenters. The molecule has 1 atom stereocenters. The summed E-state index contributed by atoms with van der Waals surface area (Å²) < 4.78 is 0. The zero-order valence-electron chi connectivity index (χ0n) is 16.4. The highest BCUT2D eigenvalue weighted by molar-refractivity contribution is 5.85. The van der Waals surface area contributed by atoms with E-state index in [1.807, 2.05) is 11.9 Å². The van der Waals surface area contributed by atoms with Crippen LogP contribution in [0.15, 0.2) is 30.3 Å². The Labute approximate surface area is 176 Å². The van der Waals surface area contributed by atoms with Gasteiger partial charge in [0.15, 0.2) is 0 Å². The summed E-state index contributed by atoms with van der Waals surface area (Å²) in [7, 11) is 1.99. The van der Waals surface area contributed by atoms with Crippen molar-refractivity contribution >= 4 is 30.7 Å². The Morgan fingerprint density at radius 1 is 1.11 bits per heavy atom. The van der Waals surface area contributed by atoms with Crippen molar-refractivity contribution in [3.05, 3.63) is 35.9 Å². The Hall–Kier alpha value is -0.810. The van der Waals surface area contributed by atoms with Gasteiger partial charge in [0.1, 0.15) is 0 Å². The van der Waals surface area contributed by atoms with Crippen LogP contribution in [-0.2, 0) is 11.3 Å². The largest absolute Gasteiger partial charge is 0.345 e. The third-order valence-electron chi connectivity index (χ3n) is 5.80. The molecule has 0 saturated carbocycles. The molecule has 1 amide bonds. The van der Waals surface area contributed by atoms with Crippen molar-refractivity contribution in [2.75, 3.05) is 39.8 Å². The highest BCUT2D eigenvalue weighted by Gasteiger charge is 2.25. The maximum Gasteiger partial charge on any atom is 0.222 e. The zero-order chi connectivity index (χ0) is 17.5. The quantitative estimate of drug-likeness (QED) is 0.738. The molecule has 2 aliphatic heterocycles. The van der Waals surface area contributed by atoms with E-state index in [1.165, 1.54) is 24.8 Å². The molecular weight excluding hydrogens is 381 g/mol. The normalized spacial score (nSPS) is 20.6. The van der Waals surface area contributed by atoms with Crippen LogP contribution in [0.25, 0.3) is 0 Å². The van der Waals surface area contributed by atoms with Gasteiger partial charge in [-0.05, 0) is 62.7 Å². The number of nitrogens with zero attached hydrogens (tertiary/aromatic N) is 2. The molecular formula is C21H35Cl2N3O. The van der Waals surface area contributed by atoms with Crippen LogP contribution in [0.5, 0.6) is 0 Å². The van der Waals surface area contributed by atoms with E-state index in [9.17, 15) is 4.79 Å². The molecule has 2 heterocycles. The second-order valence-electron chi connectivity index (χ2n) is 7.88. The molecule has 0 bridgehead atoms. The number of halogens is 2.